The Hall–Kier alpha value is -3.07. The Morgan fingerprint density at radius 3 is 2.10 bits per heavy atom. The molecule has 0 saturated heterocycles. The predicted molar refractivity (Wildman–Crippen MR) is 106 cm³/mol. The van der Waals surface area contributed by atoms with Gasteiger partial charge in [-0.15, -0.1) is 0 Å². The summed E-state index contributed by atoms with van der Waals surface area (Å²) < 4.78 is 5.52. The second kappa shape index (κ2) is 9.42. The van der Waals surface area contributed by atoms with Gasteiger partial charge >= 0.3 is 17.9 Å². The van der Waals surface area contributed by atoms with Crippen molar-refractivity contribution in [2.75, 3.05) is 11.9 Å². The Balaban J connectivity index is 0.000000298. The minimum atomic E-state index is -2.74. The lowest BCUT2D eigenvalue weighted by Crippen LogP contribution is -2.42. The molecule has 0 amide bonds. The molecule has 9 heteroatoms. The van der Waals surface area contributed by atoms with Gasteiger partial charge in [-0.1, -0.05) is 6.08 Å². The molecule has 0 aromatic heterocycles. The first kappa shape index (κ1) is 24.0. The van der Waals surface area contributed by atoms with E-state index in [0.29, 0.717) is 6.61 Å². The molecule has 0 bridgehead atoms. The number of aliphatic carboxylic acids is 3. The molecule has 1 aromatic carbocycles. The molecule has 160 valence electrons. The molecule has 0 unspecified atom stereocenters. The summed E-state index contributed by atoms with van der Waals surface area (Å²) >= 11 is 0. The van der Waals surface area contributed by atoms with Gasteiger partial charge in [-0.3, -0.25) is 9.59 Å². The maximum atomic E-state index is 10.3. The van der Waals surface area contributed by atoms with Gasteiger partial charge in [0.1, 0.15) is 5.75 Å². The zero-order valence-corrected chi connectivity index (χ0v) is 16.9. The minimum Gasteiger partial charge on any atom is -0.494 e. The highest BCUT2D eigenvalue weighted by Gasteiger charge is 2.40. The lowest BCUT2D eigenvalue weighted by atomic mass is 9.91. The molecule has 1 aliphatic heterocycles. The maximum Gasteiger partial charge on any atom is 0.336 e. The van der Waals surface area contributed by atoms with E-state index in [-0.39, 0.29) is 5.54 Å². The fourth-order valence-electron chi connectivity index (χ4n) is 2.93. The molecule has 1 aromatic rings. The van der Waals surface area contributed by atoms with E-state index in [4.69, 9.17) is 25.2 Å². The normalized spacial score (nSPS) is 14.3. The number of carboxylic acids is 3. The first-order valence-corrected chi connectivity index (χ1v) is 8.94. The van der Waals surface area contributed by atoms with Crippen LogP contribution in [0.15, 0.2) is 24.3 Å². The summed E-state index contributed by atoms with van der Waals surface area (Å²) in [5.41, 5.74) is 1.03. The number of aliphatic hydroxyl groups is 1. The number of anilines is 1. The number of carbonyl (C=O) groups is 3. The number of hydrogen-bond donors (Lipinski definition) is 5. The van der Waals surface area contributed by atoms with Crippen molar-refractivity contribution in [3.05, 3.63) is 29.8 Å². The Kier molecular flexibility index (Phi) is 7.79. The Labute approximate surface area is 168 Å². The maximum absolute atomic E-state index is 10.3. The Morgan fingerprint density at radius 1 is 1.10 bits per heavy atom. The number of ether oxygens (including phenoxy) is 1. The standard InChI is InChI=1S/C14H19NO.C6H8O7/c1-5-16-11-6-7-13-12(8-11)10(2)9-14(3,4)15-13;7-3(8)1-6(13,5(11)12)2-4(9)10/h6-9,15H,5H2,1-4H3;13H,1-2H2,(H,7,8)(H,9,10)(H,11,12). The summed E-state index contributed by atoms with van der Waals surface area (Å²) in [6.45, 7) is 9.22. The van der Waals surface area contributed by atoms with E-state index in [1.165, 1.54) is 16.8 Å². The number of rotatable bonds is 7. The smallest absolute Gasteiger partial charge is 0.336 e. The molecule has 0 radical (unpaired) electrons. The van der Waals surface area contributed by atoms with Gasteiger partial charge in [-0.25, -0.2) is 4.79 Å². The van der Waals surface area contributed by atoms with E-state index in [1.54, 1.807) is 0 Å². The first-order valence-electron chi connectivity index (χ1n) is 8.94. The molecule has 0 saturated carbocycles. The van der Waals surface area contributed by atoms with Crippen molar-refractivity contribution in [2.24, 2.45) is 0 Å². The van der Waals surface area contributed by atoms with Crippen LogP contribution in [-0.4, -0.2) is 56.1 Å². The molecular weight excluding hydrogens is 382 g/mol. The summed E-state index contributed by atoms with van der Waals surface area (Å²) in [6.07, 6.45) is -0.0334. The van der Waals surface area contributed by atoms with Crippen LogP contribution in [0.4, 0.5) is 5.69 Å². The van der Waals surface area contributed by atoms with Crippen molar-refractivity contribution < 1.29 is 39.5 Å². The second-order valence-electron chi connectivity index (χ2n) is 7.29. The fourth-order valence-corrected chi connectivity index (χ4v) is 2.93. The molecule has 1 aliphatic rings. The number of carboxylic acid groups (broad SMARTS) is 3. The van der Waals surface area contributed by atoms with E-state index in [0.717, 1.165) is 5.75 Å². The lowest BCUT2D eigenvalue weighted by molar-refractivity contribution is -0.170. The molecular formula is C20H27NO8. The largest absolute Gasteiger partial charge is 0.494 e. The van der Waals surface area contributed by atoms with Gasteiger partial charge in [-0.05, 0) is 51.5 Å². The van der Waals surface area contributed by atoms with Crippen LogP contribution in [0.1, 0.15) is 46.1 Å². The number of fused-ring (bicyclic) bond motifs is 1. The van der Waals surface area contributed by atoms with Crippen LogP contribution in [0.3, 0.4) is 0 Å². The van der Waals surface area contributed by atoms with Crippen LogP contribution in [0, 0.1) is 0 Å². The van der Waals surface area contributed by atoms with Gasteiger partial charge in [0.05, 0.1) is 25.0 Å². The van der Waals surface area contributed by atoms with Crippen molar-refractivity contribution in [2.45, 2.75) is 51.7 Å². The molecule has 0 spiro atoms. The van der Waals surface area contributed by atoms with Gasteiger partial charge < -0.3 is 30.5 Å². The molecule has 9 nitrogen and oxygen atoms in total. The van der Waals surface area contributed by atoms with E-state index in [2.05, 4.69) is 44.3 Å². The summed E-state index contributed by atoms with van der Waals surface area (Å²) in [5, 5.41) is 37.3. The zero-order valence-electron chi connectivity index (χ0n) is 16.9. The van der Waals surface area contributed by atoms with Gasteiger partial charge in [0.2, 0.25) is 0 Å². The third kappa shape index (κ3) is 7.11. The fraction of sp³-hybridized carbons (Fsp3) is 0.450. The van der Waals surface area contributed by atoms with Gasteiger partial charge in [-0.2, -0.15) is 0 Å². The molecule has 1 heterocycles. The second-order valence-corrected chi connectivity index (χ2v) is 7.29. The zero-order chi connectivity index (χ0) is 22.4. The number of hydrogen-bond acceptors (Lipinski definition) is 6. The highest BCUT2D eigenvalue weighted by atomic mass is 16.5. The van der Waals surface area contributed by atoms with Crippen LogP contribution in [0.25, 0.3) is 5.57 Å². The van der Waals surface area contributed by atoms with Gasteiger partial charge in [0.25, 0.3) is 0 Å². The van der Waals surface area contributed by atoms with Crippen LogP contribution < -0.4 is 10.1 Å². The molecule has 0 fully saturated rings. The van der Waals surface area contributed by atoms with Gasteiger partial charge in [0.15, 0.2) is 5.60 Å². The number of benzene rings is 1. The summed E-state index contributed by atoms with van der Waals surface area (Å²) in [5.74, 6) is -4.08. The van der Waals surface area contributed by atoms with Crippen LogP contribution in [-0.2, 0) is 14.4 Å². The summed E-state index contributed by atoms with van der Waals surface area (Å²) in [7, 11) is 0. The Bertz CT molecular complexity index is 797. The topological polar surface area (TPSA) is 153 Å². The number of allylic oxidation sites excluding steroid dienone is 1. The summed E-state index contributed by atoms with van der Waals surface area (Å²) in [4.78, 5) is 30.5. The minimum absolute atomic E-state index is 0.0320. The summed E-state index contributed by atoms with van der Waals surface area (Å²) in [6, 6.07) is 6.22. The van der Waals surface area contributed by atoms with Crippen LogP contribution in [0.2, 0.25) is 0 Å². The van der Waals surface area contributed by atoms with E-state index < -0.39 is 36.4 Å². The lowest BCUT2D eigenvalue weighted by Gasteiger charge is -2.31. The SMILES string of the molecule is CCOc1ccc2c(c1)C(C)=CC(C)(C)N2.O=C(O)CC(O)(CC(=O)O)C(=O)O. The highest BCUT2D eigenvalue weighted by Crippen LogP contribution is 2.35. The first-order chi connectivity index (χ1) is 13.3. The van der Waals surface area contributed by atoms with Crippen molar-refractivity contribution in [3.8, 4) is 5.75 Å². The molecule has 2 rings (SSSR count). The van der Waals surface area contributed by atoms with Crippen molar-refractivity contribution in [1.29, 1.82) is 0 Å². The molecule has 0 atom stereocenters. The average Bonchev–Trinajstić information content (AvgIpc) is 2.54. The monoisotopic (exact) mass is 409 g/mol. The van der Waals surface area contributed by atoms with Gasteiger partial charge in [0, 0.05) is 11.3 Å². The Morgan fingerprint density at radius 2 is 1.66 bits per heavy atom. The average molecular weight is 409 g/mol. The van der Waals surface area contributed by atoms with Crippen molar-refractivity contribution in [1.82, 2.24) is 0 Å². The molecule has 29 heavy (non-hydrogen) atoms. The van der Waals surface area contributed by atoms with Crippen molar-refractivity contribution in [3.63, 3.8) is 0 Å². The third-order valence-corrected chi connectivity index (χ3v) is 4.05. The van der Waals surface area contributed by atoms with E-state index in [9.17, 15) is 14.4 Å². The number of nitrogens with one attached hydrogen (secondary N) is 1. The van der Waals surface area contributed by atoms with Crippen LogP contribution >= 0.6 is 0 Å². The molecule has 5 N–H and O–H groups in total. The van der Waals surface area contributed by atoms with Crippen LogP contribution in [0.5, 0.6) is 5.75 Å². The third-order valence-electron chi connectivity index (χ3n) is 4.05. The van der Waals surface area contributed by atoms with E-state index in [1.807, 2.05) is 13.0 Å². The highest BCUT2D eigenvalue weighted by molar-refractivity contribution is 5.88. The predicted octanol–water partition coefficient (Wildman–Crippen LogP) is 2.44. The quantitative estimate of drug-likeness (QED) is 0.457. The van der Waals surface area contributed by atoms with Crippen molar-refractivity contribution >= 4 is 29.2 Å². The van der Waals surface area contributed by atoms with E-state index >= 15 is 0 Å². The molecule has 0 aliphatic carbocycles.